The van der Waals surface area contributed by atoms with Crippen molar-refractivity contribution in [2.24, 2.45) is 5.92 Å². The van der Waals surface area contributed by atoms with E-state index in [4.69, 9.17) is 14.6 Å². The van der Waals surface area contributed by atoms with E-state index in [1.165, 1.54) is 0 Å². The van der Waals surface area contributed by atoms with E-state index in [0.29, 0.717) is 51.9 Å². The van der Waals surface area contributed by atoms with Crippen LogP contribution in [0.15, 0.2) is 18.2 Å². The maximum Gasteiger partial charge on any atom is 0.315 e. The van der Waals surface area contributed by atoms with Gasteiger partial charge in [0.1, 0.15) is 13.2 Å². The molecule has 3 N–H and O–H groups in total. The van der Waals surface area contributed by atoms with Crippen molar-refractivity contribution in [1.29, 1.82) is 0 Å². The van der Waals surface area contributed by atoms with Gasteiger partial charge in [-0.15, -0.1) is 0 Å². The van der Waals surface area contributed by atoms with E-state index >= 15 is 0 Å². The number of ether oxygens (including phenoxy) is 2. The summed E-state index contributed by atoms with van der Waals surface area (Å²) >= 11 is 0. The number of carboxylic acids is 1. The van der Waals surface area contributed by atoms with Gasteiger partial charge >= 0.3 is 12.0 Å². The summed E-state index contributed by atoms with van der Waals surface area (Å²) in [5.74, 6) is 0.514. The molecule has 1 aromatic carbocycles. The molecular weight excluding hydrogens is 324 g/mol. The standard InChI is InChI=1S/C18H24N2O5/c21-17(22)13-2-4-14(5-3-13)20-18(23)19-8-7-12-1-6-15-16(11-12)25-10-9-24-15/h1,6,11,13-14H,2-5,7-10H2,(H,21,22)(H2,19,20,23). The molecule has 0 radical (unpaired) electrons. The molecular formula is C18H24N2O5. The Labute approximate surface area is 146 Å². The maximum absolute atomic E-state index is 12.0. The number of nitrogens with one attached hydrogen (secondary N) is 2. The zero-order valence-electron chi connectivity index (χ0n) is 14.1. The van der Waals surface area contributed by atoms with Crippen molar-refractivity contribution in [2.45, 2.75) is 38.1 Å². The largest absolute Gasteiger partial charge is 0.486 e. The van der Waals surface area contributed by atoms with Crippen LogP contribution in [0.5, 0.6) is 11.5 Å². The Kier molecular flexibility index (Phi) is 5.63. The van der Waals surface area contributed by atoms with Crippen molar-refractivity contribution in [2.75, 3.05) is 19.8 Å². The van der Waals surface area contributed by atoms with E-state index in [1.807, 2.05) is 18.2 Å². The van der Waals surface area contributed by atoms with Crippen molar-refractivity contribution >= 4 is 12.0 Å². The van der Waals surface area contributed by atoms with Crippen molar-refractivity contribution in [1.82, 2.24) is 10.6 Å². The molecule has 0 atom stereocenters. The molecule has 0 aromatic heterocycles. The normalized spacial score (nSPS) is 22.1. The van der Waals surface area contributed by atoms with Gasteiger partial charge in [-0.05, 0) is 49.8 Å². The van der Waals surface area contributed by atoms with Gasteiger partial charge in [-0.3, -0.25) is 4.79 Å². The second-order valence-corrected chi connectivity index (χ2v) is 6.52. The number of aliphatic carboxylic acids is 1. The number of hydrogen-bond donors (Lipinski definition) is 3. The first-order chi connectivity index (χ1) is 12.1. The third-order valence-corrected chi connectivity index (χ3v) is 4.72. The topological polar surface area (TPSA) is 96.9 Å². The summed E-state index contributed by atoms with van der Waals surface area (Å²) in [4.78, 5) is 22.9. The van der Waals surface area contributed by atoms with Gasteiger partial charge < -0.3 is 25.2 Å². The predicted octanol–water partition coefficient (Wildman–Crippen LogP) is 1.94. The van der Waals surface area contributed by atoms with Crippen molar-refractivity contribution in [3.8, 4) is 11.5 Å². The minimum atomic E-state index is -0.734. The van der Waals surface area contributed by atoms with E-state index in [1.54, 1.807) is 0 Å². The quantitative estimate of drug-likeness (QED) is 0.756. The highest BCUT2D eigenvalue weighted by Gasteiger charge is 2.26. The van der Waals surface area contributed by atoms with Crippen LogP contribution in [0.25, 0.3) is 0 Å². The summed E-state index contributed by atoms with van der Waals surface area (Å²) in [6, 6.07) is 5.67. The van der Waals surface area contributed by atoms with Gasteiger partial charge in [-0.1, -0.05) is 6.07 Å². The molecule has 1 fully saturated rings. The Bertz CT molecular complexity index is 626. The average molecular weight is 348 g/mol. The fourth-order valence-corrected chi connectivity index (χ4v) is 3.28. The van der Waals surface area contributed by atoms with Crippen LogP contribution in [0.2, 0.25) is 0 Å². The zero-order valence-corrected chi connectivity index (χ0v) is 14.1. The molecule has 2 aliphatic rings. The number of urea groups is 1. The SMILES string of the molecule is O=C(NCCc1ccc2c(c1)OCCO2)NC1CCC(C(=O)O)CC1. The Morgan fingerprint density at radius 2 is 1.80 bits per heavy atom. The maximum atomic E-state index is 12.0. The number of amides is 2. The molecule has 1 aliphatic carbocycles. The van der Waals surface area contributed by atoms with Crippen LogP contribution in [-0.4, -0.2) is 42.9 Å². The smallest absolute Gasteiger partial charge is 0.315 e. The minimum absolute atomic E-state index is 0.0601. The van der Waals surface area contributed by atoms with E-state index in [-0.39, 0.29) is 18.0 Å². The molecule has 7 heteroatoms. The molecule has 7 nitrogen and oxygen atoms in total. The molecule has 25 heavy (non-hydrogen) atoms. The highest BCUT2D eigenvalue weighted by molar-refractivity contribution is 5.74. The van der Waals surface area contributed by atoms with Gasteiger partial charge in [0.25, 0.3) is 0 Å². The lowest BCUT2D eigenvalue weighted by atomic mass is 9.86. The number of fused-ring (bicyclic) bond motifs is 1. The molecule has 1 aromatic rings. The number of rotatable bonds is 5. The minimum Gasteiger partial charge on any atom is -0.486 e. The van der Waals surface area contributed by atoms with Gasteiger partial charge in [-0.25, -0.2) is 4.79 Å². The number of benzene rings is 1. The van der Waals surface area contributed by atoms with E-state index < -0.39 is 5.97 Å². The molecule has 0 saturated heterocycles. The van der Waals surface area contributed by atoms with Crippen molar-refractivity contribution in [3.63, 3.8) is 0 Å². The lowest BCUT2D eigenvalue weighted by Crippen LogP contribution is -2.44. The number of carbonyl (C=O) groups excluding carboxylic acids is 1. The fraction of sp³-hybridized carbons (Fsp3) is 0.556. The van der Waals surface area contributed by atoms with Crippen LogP contribution in [0.1, 0.15) is 31.2 Å². The summed E-state index contributed by atoms with van der Waals surface area (Å²) < 4.78 is 11.0. The highest BCUT2D eigenvalue weighted by atomic mass is 16.6. The van der Waals surface area contributed by atoms with E-state index in [0.717, 1.165) is 17.1 Å². The van der Waals surface area contributed by atoms with Gasteiger partial charge in [0.15, 0.2) is 11.5 Å². The zero-order chi connectivity index (χ0) is 17.6. The molecule has 1 saturated carbocycles. The first-order valence-electron chi connectivity index (χ1n) is 8.77. The Morgan fingerprint density at radius 1 is 1.08 bits per heavy atom. The second kappa shape index (κ2) is 8.09. The van der Waals surface area contributed by atoms with Crippen LogP contribution < -0.4 is 20.1 Å². The Hall–Kier alpha value is -2.44. The van der Waals surface area contributed by atoms with Gasteiger partial charge in [0.2, 0.25) is 0 Å². The van der Waals surface area contributed by atoms with Gasteiger partial charge in [0.05, 0.1) is 5.92 Å². The third-order valence-electron chi connectivity index (χ3n) is 4.72. The Morgan fingerprint density at radius 3 is 2.52 bits per heavy atom. The van der Waals surface area contributed by atoms with E-state index in [2.05, 4.69) is 10.6 Å². The highest BCUT2D eigenvalue weighted by Crippen LogP contribution is 2.30. The summed E-state index contributed by atoms with van der Waals surface area (Å²) in [6.07, 6.45) is 3.38. The first-order valence-corrected chi connectivity index (χ1v) is 8.77. The van der Waals surface area contributed by atoms with E-state index in [9.17, 15) is 9.59 Å². The van der Waals surface area contributed by atoms with Crippen molar-refractivity contribution in [3.05, 3.63) is 23.8 Å². The van der Waals surface area contributed by atoms with Crippen LogP contribution in [-0.2, 0) is 11.2 Å². The van der Waals surface area contributed by atoms with Crippen LogP contribution >= 0.6 is 0 Å². The predicted molar refractivity (Wildman–Crippen MR) is 91.1 cm³/mol. The molecule has 2 amide bonds. The number of carboxylic acid groups (broad SMARTS) is 1. The number of hydrogen-bond acceptors (Lipinski definition) is 4. The molecule has 1 aliphatic heterocycles. The molecule has 0 spiro atoms. The summed E-state index contributed by atoms with van der Waals surface area (Å²) in [5, 5.41) is 14.8. The average Bonchev–Trinajstić information content (AvgIpc) is 2.62. The summed E-state index contributed by atoms with van der Waals surface area (Å²) in [6.45, 7) is 1.65. The summed E-state index contributed by atoms with van der Waals surface area (Å²) in [5.41, 5.74) is 1.08. The monoisotopic (exact) mass is 348 g/mol. The van der Waals surface area contributed by atoms with Gasteiger partial charge in [-0.2, -0.15) is 0 Å². The summed E-state index contributed by atoms with van der Waals surface area (Å²) in [7, 11) is 0. The second-order valence-electron chi connectivity index (χ2n) is 6.52. The fourth-order valence-electron chi connectivity index (χ4n) is 3.28. The van der Waals surface area contributed by atoms with Gasteiger partial charge in [0, 0.05) is 12.6 Å². The van der Waals surface area contributed by atoms with Crippen LogP contribution in [0, 0.1) is 5.92 Å². The first kappa shape index (κ1) is 17.4. The van der Waals surface area contributed by atoms with Crippen molar-refractivity contribution < 1.29 is 24.2 Å². The number of carbonyl (C=O) groups is 2. The lowest BCUT2D eigenvalue weighted by molar-refractivity contribution is -0.142. The van der Waals surface area contributed by atoms with Crippen LogP contribution in [0.4, 0.5) is 4.79 Å². The van der Waals surface area contributed by atoms with Crippen LogP contribution in [0.3, 0.4) is 0 Å². The molecule has 136 valence electrons. The molecule has 0 unspecified atom stereocenters. The third kappa shape index (κ3) is 4.78. The Balaban J connectivity index is 1.37. The lowest BCUT2D eigenvalue weighted by Gasteiger charge is -2.26. The molecule has 3 rings (SSSR count). The molecule has 1 heterocycles. The molecule has 0 bridgehead atoms.